The number of esters is 1. The fourth-order valence-corrected chi connectivity index (χ4v) is 3.03. The summed E-state index contributed by atoms with van der Waals surface area (Å²) in [5.41, 5.74) is -1.57. The minimum absolute atomic E-state index is 0.0230. The van der Waals surface area contributed by atoms with Crippen molar-refractivity contribution in [2.45, 2.75) is 51.1 Å². The Morgan fingerprint density at radius 1 is 1.32 bits per heavy atom. The van der Waals surface area contributed by atoms with Crippen molar-refractivity contribution >= 4 is 45.9 Å². The van der Waals surface area contributed by atoms with Gasteiger partial charge in [-0.05, 0) is 12.3 Å². The molecule has 8 nitrogen and oxygen atoms in total. The number of nitrogens with zero attached hydrogens (tertiary/aromatic N) is 1. The van der Waals surface area contributed by atoms with Crippen molar-refractivity contribution in [2.24, 2.45) is 0 Å². The Hall–Kier alpha value is -1.71. The van der Waals surface area contributed by atoms with Crippen LogP contribution in [0.15, 0.2) is 0 Å². The van der Waals surface area contributed by atoms with Gasteiger partial charge in [0.05, 0.1) is 7.11 Å². The molecule has 2 amide bonds. The molecule has 25 heavy (non-hydrogen) atoms. The van der Waals surface area contributed by atoms with Gasteiger partial charge in [0, 0.05) is 4.88 Å². The molecular formula is C15H22ClN3O5S. The SMILES string of the molecule is CCC[C@H](NC(=O)[C@@H](O)Cl)C(=O)Nc1nc(C(=O)OC)c(C(C)C)s1. The van der Waals surface area contributed by atoms with Gasteiger partial charge in [-0.3, -0.25) is 9.59 Å². The van der Waals surface area contributed by atoms with Crippen molar-refractivity contribution in [3.8, 4) is 0 Å². The van der Waals surface area contributed by atoms with Gasteiger partial charge in [0.1, 0.15) is 6.04 Å². The van der Waals surface area contributed by atoms with Crippen LogP contribution in [-0.2, 0) is 14.3 Å². The molecule has 0 bridgehead atoms. The maximum Gasteiger partial charge on any atom is 0.357 e. The highest BCUT2D eigenvalue weighted by Crippen LogP contribution is 2.30. The Morgan fingerprint density at radius 2 is 1.96 bits per heavy atom. The number of hydrogen-bond acceptors (Lipinski definition) is 7. The maximum atomic E-state index is 12.4. The zero-order valence-corrected chi connectivity index (χ0v) is 16.0. The van der Waals surface area contributed by atoms with E-state index in [1.165, 1.54) is 18.4 Å². The minimum Gasteiger partial charge on any atom is -0.464 e. The molecule has 1 rings (SSSR count). The number of aliphatic hydroxyl groups excluding tert-OH is 1. The van der Waals surface area contributed by atoms with Crippen LogP contribution in [0.1, 0.15) is 54.9 Å². The summed E-state index contributed by atoms with van der Waals surface area (Å²) in [5.74, 6) is -1.92. The third-order valence-corrected chi connectivity index (χ3v) is 4.68. The molecule has 3 N–H and O–H groups in total. The smallest absolute Gasteiger partial charge is 0.357 e. The molecule has 2 atom stereocenters. The van der Waals surface area contributed by atoms with Crippen molar-refractivity contribution < 1.29 is 24.2 Å². The van der Waals surface area contributed by atoms with E-state index in [4.69, 9.17) is 21.4 Å². The van der Waals surface area contributed by atoms with Crippen LogP contribution in [0.2, 0.25) is 0 Å². The summed E-state index contributed by atoms with van der Waals surface area (Å²) < 4.78 is 4.70. The average molecular weight is 392 g/mol. The number of nitrogens with one attached hydrogen (secondary N) is 2. The fraction of sp³-hybridized carbons (Fsp3) is 0.600. The van der Waals surface area contributed by atoms with Crippen LogP contribution in [0.3, 0.4) is 0 Å². The number of aliphatic hydroxyl groups is 1. The first kappa shape index (κ1) is 21.3. The second-order valence-corrected chi connectivity index (χ2v) is 7.00. The number of rotatable bonds is 8. The van der Waals surface area contributed by atoms with E-state index in [1.54, 1.807) is 0 Å². The third-order valence-electron chi connectivity index (χ3n) is 3.21. The van der Waals surface area contributed by atoms with Crippen molar-refractivity contribution in [3.05, 3.63) is 10.6 Å². The van der Waals surface area contributed by atoms with Gasteiger partial charge in [0.15, 0.2) is 10.8 Å². The van der Waals surface area contributed by atoms with Gasteiger partial charge in [-0.25, -0.2) is 9.78 Å². The summed E-state index contributed by atoms with van der Waals surface area (Å²) in [6.45, 7) is 5.64. The molecule has 0 saturated carbocycles. The molecule has 0 aliphatic rings. The molecule has 1 aromatic heterocycles. The summed E-state index contributed by atoms with van der Waals surface area (Å²) >= 11 is 6.47. The summed E-state index contributed by atoms with van der Waals surface area (Å²) in [7, 11) is 1.26. The lowest BCUT2D eigenvalue weighted by Crippen LogP contribution is -2.46. The van der Waals surface area contributed by atoms with Crippen molar-refractivity contribution in [1.82, 2.24) is 10.3 Å². The van der Waals surface area contributed by atoms with E-state index < -0.39 is 29.4 Å². The van der Waals surface area contributed by atoms with Crippen LogP contribution in [0.25, 0.3) is 0 Å². The predicted molar refractivity (Wildman–Crippen MR) is 94.9 cm³/mol. The Bertz CT molecular complexity index is 633. The van der Waals surface area contributed by atoms with Gasteiger partial charge in [0.25, 0.3) is 5.91 Å². The number of carbonyl (C=O) groups is 3. The third kappa shape index (κ3) is 5.94. The number of amides is 2. The maximum absolute atomic E-state index is 12.4. The molecule has 0 radical (unpaired) electrons. The van der Waals surface area contributed by atoms with Crippen molar-refractivity contribution in [3.63, 3.8) is 0 Å². The van der Waals surface area contributed by atoms with E-state index in [9.17, 15) is 14.4 Å². The first-order chi connectivity index (χ1) is 11.7. The molecule has 10 heteroatoms. The molecule has 0 fully saturated rings. The highest BCUT2D eigenvalue weighted by molar-refractivity contribution is 7.16. The van der Waals surface area contributed by atoms with Gasteiger partial charge in [-0.2, -0.15) is 0 Å². The first-order valence-corrected chi connectivity index (χ1v) is 8.98. The van der Waals surface area contributed by atoms with E-state index in [2.05, 4.69) is 15.6 Å². The lowest BCUT2D eigenvalue weighted by molar-refractivity contribution is -0.129. The van der Waals surface area contributed by atoms with E-state index in [1.807, 2.05) is 20.8 Å². The van der Waals surface area contributed by atoms with E-state index in [-0.39, 0.29) is 16.7 Å². The number of aromatic nitrogens is 1. The second kappa shape index (κ2) is 9.69. The molecule has 0 spiro atoms. The monoisotopic (exact) mass is 391 g/mol. The molecule has 0 saturated heterocycles. The van der Waals surface area contributed by atoms with E-state index in [0.29, 0.717) is 17.7 Å². The van der Waals surface area contributed by atoms with Gasteiger partial charge in [0.2, 0.25) is 11.5 Å². The number of thiazole rings is 1. The minimum atomic E-state index is -1.73. The molecule has 1 aromatic rings. The normalized spacial score (nSPS) is 13.2. The highest BCUT2D eigenvalue weighted by Gasteiger charge is 2.26. The summed E-state index contributed by atoms with van der Waals surface area (Å²) in [5, 5.41) is 14.2. The standard InChI is InChI=1S/C15H22ClN3O5S/c1-5-6-8(17-13(22)11(16)20)12(21)19-15-18-9(14(23)24-4)10(25-15)7(2)3/h7-8,11,20H,5-6H2,1-4H3,(H,17,22)(H,18,19,21)/t8-,11+/m0/s1. The average Bonchev–Trinajstić information content (AvgIpc) is 2.97. The zero-order valence-electron chi connectivity index (χ0n) is 14.5. The Balaban J connectivity index is 2.96. The molecular weight excluding hydrogens is 370 g/mol. The Labute approximate surface area is 154 Å². The number of carbonyl (C=O) groups excluding carboxylic acids is 3. The summed E-state index contributed by atoms with van der Waals surface area (Å²) in [6.07, 6.45) is 0.979. The van der Waals surface area contributed by atoms with Crippen molar-refractivity contribution in [2.75, 3.05) is 12.4 Å². The van der Waals surface area contributed by atoms with E-state index >= 15 is 0 Å². The molecule has 0 aliphatic carbocycles. The number of halogens is 1. The summed E-state index contributed by atoms with van der Waals surface area (Å²) in [6, 6.07) is -0.876. The van der Waals surface area contributed by atoms with Gasteiger partial charge >= 0.3 is 5.97 Å². The highest BCUT2D eigenvalue weighted by atomic mass is 35.5. The molecule has 140 valence electrons. The van der Waals surface area contributed by atoms with Crippen LogP contribution >= 0.6 is 22.9 Å². The molecule has 0 unspecified atom stereocenters. The van der Waals surface area contributed by atoms with Crippen LogP contribution in [0.4, 0.5) is 5.13 Å². The Kier molecular flexibility index (Phi) is 8.27. The molecule has 0 aliphatic heterocycles. The first-order valence-electron chi connectivity index (χ1n) is 7.73. The van der Waals surface area contributed by atoms with Gasteiger partial charge in [-0.1, -0.05) is 38.8 Å². The topological polar surface area (TPSA) is 118 Å². The van der Waals surface area contributed by atoms with Crippen LogP contribution in [-0.4, -0.2) is 46.6 Å². The lowest BCUT2D eigenvalue weighted by Gasteiger charge is -2.17. The largest absolute Gasteiger partial charge is 0.464 e. The number of methoxy groups -OCH3 is 1. The number of hydrogen-bond donors (Lipinski definition) is 3. The fourth-order valence-electron chi connectivity index (χ4n) is 2.01. The summed E-state index contributed by atoms with van der Waals surface area (Å²) in [4.78, 5) is 40.5. The lowest BCUT2D eigenvalue weighted by atomic mass is 10.1. The van der Waals surface area contributed by atoms with Gasteiger partial charge in [-0.15, -0.1) is 11.3 Å². The quantitative estimate of drug-likeness (QED) is 0.459. The Morgan fingerprint density at radius 3 is 2.44 bits per heavy atom. The van der Waals surface area contributed by atoms with E-state index in [0.717, 1.165) is 0 Å². The van der Waals surface area contributed by atoms with Crippen LogP contribution < -0.4 is 10.6 Å². The number of alkyl halides is 1. The van der Waals surface area contributed by atoms with Crippen molar-refractivity contribution in [1.29, 1.82) is 0 Å². The molecule has 1 heterocycles. The van der Waals surface area contributed by atoms with Crippen LogP contribution in [0, 0.1) is 0 Å². The predicted octanol–water partition coefficient (Wildman–Crippen LogP) is 1.83. The number of anilines is 1. The van der Waals surface area contributed by atoms with Crippen LogP contribution in [0.5, 0.6) is 0 Å². The van der Waals surface area contributed by atoms with Gasteiger partial charge < -0.3 is 20.5 Å². The zero-order chi connectivity index (χ0) is 19.1. The molecule has 0 aromatic carbocycles. The second-order valence-electron chi connectivity index (χ2n) is 5.55. The number of ether oxygens (including phenoxy) is 1.